The van der Waals surface area contributed by atoms with E-state index in [4.69, 9.17) is 10.5 Å². The van der Waals surface area contributed by atoms with E-state index in [0.29, 0.717) is 32.2 Å². The first-order valence-electron chi connectivity index (χ1n) is 4.67. The molecule has 1 rings (SSSR count). The topological polar surface area (TPSA) is 35.2 Å². The van der Waals surface area contributed by atoms with Crippen molar-refractivity contribution < 1.29 is 13.5 Å². The minimum atomic E-state index is -2.19. The van der Waals surface area contributed by atoms with Crippen LogP contribution in [0.25, 0.3) is 0 Å². The molecule has 0 amide bonds. The molecule has 0 saturated heterocycles. The molecule has 0 radical (unpaired) electrons. The minimum Gasteiger partial charge on any atom is -0.377 e. The fourth-order valence-corrected chi connectivity index (χ4v) is 1.91. The van der Waals surface area contributed by atoms with Crippen molar-refractivity contribution in [2.75, 3.05) is 13.7 Å². The number of halogens is 2. The van der Waals surface area contributed by atoms with Gasteiger partial charge in [-0.05, 0) is 25.7 Å². The van der Waals surface area contributed by atoms with Crippen molar-refractivity contribution in [3.05, 3.63) is 0 Å². The predicted molar refractivity (Wildman–Crippen MR) is 46.8 cm³/mol. The van der Waals surface area contributed by atoms with Gasteiger partial charge in [0.15, 0.2) is 0 Å². The van der Waals surface area contributed by atoms with Crippen LogP contribution in [0.1, 0.15) is 25.7 Å². The van der Waals surface area contributed by atoms with Crippen LogP contribution in [0.4, 0.5) is 8.78 Å². The first-order chi connectivity index (χ1) is 6.13. The highest BCUT2D eigenvalue weighted by atomic mass is 19.3. The number of methoxy groups -OCH3 is 1. The summed E-state index contributed by atoms with van der Waals surface area (Å²) in [6.45, 7) is 0.430. The lowest BCUT2D eigenvalue weighted by Gasteiger charge is -2.37. The average molecular weight is 193 g/mol. The second-order valence-corrected chi connectivity index (χ2v) is 3.76. The number of ether oxygens (including phenoxy) is 1. The van der Waals surface area contributed by atoms with Crippen LogP contribution in [0.15, 0.2) is 0 Å². The van der Waals surface area contributed by atoms with E-state index in [1.54, 1.807) is 7.11 Å². The van der Waals surface area contributed by atoms with Crippen molar-refractivity contribution in [3.63, 3.8) is 0 Å². The molecule has 0 spiro atoms. The molecule has 1 aliphatic carbocycles. The normalized spacial score (nSPS) is 35.3. The van der Waals surface area contributed by atoms with Crippen molar-refractivity contribution in [2.24, 2.45) is 11.7 Å². The Labute approximate surface area is 77.4 Å². The summed E-state index contributed by atoms with van der Waals surface area (Å²) in [5.41, 5.74) is 5.23. The minimum absolute atomic E-state index is 0.328. The van der Waals surface area contributed by atoms with Crippen molar-refractivity contribution in [3.8, 4) is 0 Å². The molecule has 78 valence electrons. The van der Waals surface area contributed by atoms with Gasteiger partial charge in [0.2, 0.25) is 6.43 Å². The van der Waals surface area contributed by atoms with E-state index in [0.717, 1.165) is 0 Å². The van der Waals surface area contributed by atoms with Gasteiger partial charge in [0.25, 0.3) is 0 Å². The molecule has 0 aliphatic heterocycles. The Balaban J connectivity index is 2.45. The number of alkyl halides is 2. The van der Waals surface area contributed by atoms with Gasteiger partial charge in [-0.2, -0.15) is 0 Å². The van der Waals surface area contributed by atoms with Crippen molar-refractivity contribution >= 4 is 0 Å². The molecule has 1 fully saturated rings. The molecule has 0 aromatic heterocycles. The van der Waals surface area contributed by atoms with Crippen LogP contribution >= 0.6 is 0 Å². The lowest BCUT2D eigenvalue weighted by molar-refractivity contribution is -0.0618. The third-order valence-electron chi connectivity index (χ3n) is 3.10. The molecule has 2 N–H and O–H groups in total. The molecule has 13 heavy (non-hydrogen) atoms. The van der Waals surface area contributed by atoms with Gasteiger partial charge in [-0.25, -0.2) is 8.78 Å². The molecule has 0 heterocycles. The average Bonchev–Trinajstić information content (AvgIpc) is 2.18. The molecule has 0 atom stereocenters. The molecule has 0 aromatic rings. The maximum atomic E-state index is 12.3. The van der Waals surface area contributed by atoms with E-state index in [2.05, 4.69) is 0 Å². The Hall–Kier alpha value is -0.220. The first kappa shape index (κ1) is 10.9. The van der Waals surface area contributed by atoms with E-state index in [-0.39, 0.29) is 5.60 Å². The molecule has 0 bridgehead atoms. The van der Waals surface area contributed by atoms with Crippen LogP contribution in [-0.4, -0.2) is 25.7 Å². The number of nitrogens with two attached hydrogens (primary N) is 1. The summed E-state index contributed by atoms with van der Waals surface area (Å²) < 4.78 is 29.9. The molecular weight excluding hydrogens is 176 g/mol. The van der Waals surface area contributed by atoms with Crippen LogP contribution < -0.4 is 5.73 Å². The summed E-state index contributed by atoms with van der Waals surface area (Å²) in [5.74, 6) is -0.449. The summed E-state index contributed by atoms with van der Waals surface area (Å²) in [5, 5.41) is 0. The van der Waals surface area contributed by atoms with Gasteiger partial charge in [0.05, 0.1) is 5.60 Å². The zero-order chi connectivity index (χ0) is 9.90. The quantitative estimate of drug-likeness (QED) is 0.741. The highest BCUT2D eigenvalue weighted by molar-refractivity contribution is 4.88. The Kier molecular flexibility index (Phi) is 3.62. The summed E-state index contributed by atoms with van der Waals surface area (Å²) in [6.07, 6.45) is 0.197. The standard InChI is InChI=1S/C9H17F2NO/c1-13-9(6-12)4-2-7(3-5-9)8(10)11/h7-8H,2-6,12H2,1H3. The number of hydrogen-bond donors (Lipinski definition) is 1. The van der Waals surface area contributed by atoms with Gasteiger partial charge in [-0.3, -0.25) is 0 Å². The van der Waals surface area contributed by atoms with E-state index in [9.17, 15) is 8.78 Å². The van der Waals surface area contributed by atoms with Gasteiger partial charge < -0.3 is 10.5 Å². The highest BCUT2D eigenvalue weighted by Gasteiger charge is 2.36. The van der Waals surface area contributed by atoms with Crippen molar-refractivity contribution in [1.29, 1.82) is 0 Å². The van der Waals surface area contributed by atoms with Gasteiger partial charge in [0.1, 0.15) is 0 Å². The van der Waals surface area contributed by atoms with Crippen molar-refractivity contribution in [2.45, 2.75) is 37.7 Å². The third-order valence-corrected chi connectivity index (χ3v) is 3.10. The zero-order valence-electron chi connectivity index (χ0n) is 7.93. The molecule has 4 heteroatoms. The van der Waals surface area contributed by atoms with Crippen LogP contribution in [0.3, 0.4) is 0 Å². The molecule has 1 aliphatic rings. The summed E-state index contributed by atoms with van der Waals surface area (Å²) in [6, 6.07) is 0. The molecule has 1 saturated carbocycles. The summed E-state index contributed by atoms with van der Waals surface area (Å²) >= 11 is 0. The van der Waals surface area contributed by atoms with Gasteiger partial charge in [-0.15, -0.1) is 0 Å². The molecular formula is C9H17F2NO. The monoisotopic (exact) mass is 193 g/mol. The van der Waals surface area contributed by atoms with E-state index < -0.39 is 12.3 Å². The molecule has 0 unspecified atom stereocenters. The van der Waals surface area contributed by atoms with Crippen molar-refractivity contribution in [1.82, 2.24) is 0 Å². The predicted octanol–water partition coefficient (Wildman–Crippen LogP) is 1.79. The van der Waals surface area contributed by atoms with Gasteiger partial charge in [-0.1, -0.05) is 0 Å². The zero-order valence-corrected chi connectivity index (χ0v) is 7.93. The first-order valence-corrected chi connectivity index (χ1v) is 4.67. The van der Waals surface area contributed by atoms with E-state index in [1.807, 2.05) is 0 Å². The smallest absolute Gasteiger partial charge is 0.241 e. The maximum Gasteiger partial charge on any atom is 0.241 e. The lowest BCUT2D eigenvalue weighted by atomic mass is 9.79. The molecule has 0 aromatic carbocycles. The van der Waals surface area contributed by atoms with Crippen LogP contribution in [0.5, 0.6) is 0 Å². The summed E-state index contributed by atoms with van der Waals surface area (Å²) in [7, 11) is 1.61. The van der Waals surface area contributed by atoms with Gasteiger partial charge in [0, 0.05) is 19.6 Å². The highest BCUT2D eigenvalue weighted by Crippen LogP contribution is 2.36. The second-order valence-electron chi connectivity index (χ2n) is 3.76. The van der Waals surface area contributed by atoms with Crippen LogP contribution in [0, 0.1) is 5.92 Å². The van der Waals surface area contributed by atoms with E-state index in [1.165, 1.54) is 0 Å². The Morgan fingerprint density at radius 3 is 2.31 bits per heavy atom. The largest absolute Gasteiger partial charge is 0.377 e. The molecule has 2 nitrogen and oxygen atoms in total. The Morgan fingerprint density at radius 1 is 1.46 bits per heavy atom. The van der Waals surface area contributed by atoms with Crippen LogP contribution in [0.2, 0.25) is 0 Å². The van der Waals surface area contributed by atoms with Crippen LogP contribution in [-0.2, 0) is 4.74 Å². The summed E-state index contributed by atoms with van der Waals surface area (Å²) in [4.78, 5) is 0. The number of rotatable bonds is 3. The van der Waals surface area contributed by atoms with E-state index >= 15 is 0 Å². The fourth-order valence-electron chi connectivity index (χ4n) is 1.91. The second kappa shape index (κ2) is 4.33. The third kappa shape index (κ3) is 2.38. The lowest BCUT2D eigenvalue weighted by Crippen LogP contribution is -2.43. The Bertz CT molecular complexity index is 150. The SMILES string of the molecule is COC1(CN)CCC(C(F)F)CC1. The fraction of sp³-hybridized carbons (Fsp3) is 1.00. The maximum absolute atomic E-state index is 12.3. The van der Waals surface area contributed by atoms with Gasteiger partial charge >= 0.3 is 0 Å². The number of hydrogen-bond acceptors (Lipinski definition) is 2. The Morgan fingerprint density at radius 2 is 2.00 bits per heavy atom.